The number of nitrogens with one attached hydrogen (secondary N) is 1. The molecular formula is C18H35N3. The third-order valence-electron chi connectivity index (χ3n) is 6.40. The molecule has 2 heterocycles. The van der Waals surface area contributed by atoms with Crippen molar-refractivity contribution in [1.29, 1.82) is 0 Å². The van der Waals surface area contributed by atoms with E-state index in [4.69, 9.17) is 0 Å². The second-order valence-electron chi connectivity index (χ2n) is 8.35. The summed E-state index contributed by atoms with van der Waals surface area (Å²) in [5.74, 6) is 0.840. The van der Waals surface area contributed by atoms with Gasteiger partial charge in [-0.1, -0.05) is 20.3 Å². The van der Waals surface area contributed by atoms with Crippen LogP contribution in [0.1, 0.15) is 52.4 Å². The average molecular weight is 293 g/mol. The van der Waals surface area contributed by atoms with Crippen molar-refractivity contribution in [3.63, 3.8) is 0 Å². The molecule has 0 radical (unpaired) electrons. The first-order chi connectivity index (χ1) is 10.1. The third-order valence-corrected chi connectivity index (χ3v) is 6.40. The van der Waals surface area contributed by atoms with Gasteiger partial charge in [-0.05, 0) is 70.1 Å². The summed E-state index contributed by atoms with van der Waals surface area (Å²) in [4.78, 5) is 5.55. The molecule has 0 aromatic heterocycles. The van der Waals surface area contributed by atoms with Crippen LogP contribution in [0, 0.1) is 11.3 Å². The Kier molecular flexibility index (Phi) is 4.92. The van der Waals surface area contributed by atoms with Crippen molar-refractivity contribution in [2.24, 2.45) is 11.3 Å². The molecule has 3 aliphatic rings. The molecule has 1 aliphatic carbocycles. The molecule has 0 spiro atoms. The SMILES string of the molecule is CNC1C(CN2CCCN3CCCC3C2)CCCC1(C)C. The van der Waals surface area contributed by atoms with Gasteiger partial charge in [-0.25, -0.2) is 0 Å². The average Bonchev–Trinajstić information content (AvgIpc) is 2.77. The number of hydrogen-bond acceptors (Lipinski definition) is 3. The van der Waals surface area contributed by atoms with Crippen molar-refractivity contribution in [3.8, 4) is 0 Å². The molecule has 2 aliphatic heterocycles. The first-order valence-corrected chi connectivity index (χ1v) is 9.24. The maximum atomic E-state index is 3.66. The highest BCUT2D eigenvalue weighted by Gasteiger charge is 2.39. The summed E-state index contributed by atoms with van der Waals surface area (Å²) >= 11 is 0. The maximum absolute atomic E-state index is 3.66. The minimum absolute atomic E-state index is 0.461. The van der Waals surface area contributed by atoms with Gasteiger partial charge in [-0.2, -0.15) is 0 Å². The van der Waals surface area contributed by atoms with Crippen LogP contribution in [0.5, 0.6) is 0 Å². The van der Waals surface area contributed by atoms with E-state index in [-0.39, 0.29) is 0 Å². The van der Waals surface area contributed by atoms with Crippen LogP contribution >= 0.6 is 0 Å². The summed E-state index contributed by atoms with van der Waals surface area (Å²) in [6.07, 6.45) is 8.44. The molecule has 0 amide bonds. The molecule has 3 heteroatoms. The van der Waals surface area contributed by atoms with Gasteiger partial charge in [0.1, 0.15) is 0 Å². The molecule has 21 heavy (non-hydrogen) atoms. The Labute approximate surface area is 131 Å². The monoisotopic (exact) mass is 293 g/mol. The van der Waals surface area contributed by atoms with E-state index < -0.39 is 0 Å². The van der Waals surface area contributed by atoms with E-state index in [1.807, 2.05) is 0 Å². The van der Waals surface area contributed by atoms with Crippen LogP contribution in [0.2, 0.25) is 0 Å². The maximum Gasteiger partial charge on any atom is 0.0223 e. The summed E-state index contributed by atoms with van der Waals surface area (Å²) < 4.78 is 0. The molecule has 0 aromatic rings. The fourth-order valence-electron chi connectivity index (χ4n) is 5.38. The van der Waals surface area contributed by atoms with Crippen molar-refractivity contribution < 1.29 is 0 Å². The van der Waals surface area contributed by atoms with E-state index in [0.29, 0.717) is 11.5 Å². The fraction of sp³-hybridized carbons (Fsp3) is 1.00. The van der Waals surface area contributed by atoms with Gasteiger partial charge >= 0.3 is 0 Å². The number of rotatable bonds is 3. The molecule has 1 N–H and O–H groups in total. The molecule has 3 unspecified atom stereocenters. The molecule has 0 bridgehead atoms. The zero-order valence-corrected chi connectivity index (χ0v) is 14.4. The predicted molar refractivity (Wildman–Crippen MR) is 89.6 cm³/mol. The van der Waals surface area contributed by atoms with Crippen LogP contribution in [0.15, 0.2) is 0 Å². The zero-order valence-electron chi connectivity index (χ0n) is 14.4. The Morgan fingerprint density at radius 2 is 1.86 bits per heavy atom. The van der Waals surface area contributed by atoms with E-state index in [1.54, 1.807) is 0 Å². The van der Waals surface area contributed by atoms with E-state index in [2.05, 4.69) is 36.0 Å². The fourth-order valence-corrected chi connectivity index (χ4v) is 5.38. The van der Waals surface area contributed by atoms with Crippen molar-refractivity contribution in [3.05, 3.63) is 0 Å². The van der Waals surface area contributed by atoms with Crippen LogP contribution < -0.4 is 5.32 Å². The van der Waals surface area contributed by atoms with Gasteiger partial charge in [0.2, 0.25) is 0 Å². The Balaban J connectivity index is 1.61. The van der Waals surface area contributed by atoms with Gasteiger partial charge < -0.3 is 10.2 Å². The van der Waals surface area contributed by atoms with Crippen LogP contribution in [-0.2, 0) is 0 Å². The highest BCUT2D eigenvalue weighted by atomic mass is 15.3. The van der Waals surface area contributed by atoms with E-state index in [1.165, 1.54) is 71.2 Å². The van der Waals surface area contributed by atoms with Crippen molar-refractivity contribution in [2.45, 2.75) is 64.5 Å². The molecule has 3 fully saturated rings. The minimum Gasteiger partial charge on any atom is -0.316 e. The van der Waals surface area contributed by atoms with Gasteiger partial charge in [0.25, 0.3) is 0 Å². The Bertz CT molecular complexity index is 341. The highest BCUT2D eigenvalue weighted by molar-refractivity contribution is 4.95. The van der Waals surface area contributed by atoms with Crippen molar-refractivity contribution in [1.82, 2.24) is 15.1 Å². The minimum atomic E-state index is 0.461. The molecule has 122 valence electrons. The zero-order chi connectivity index (χ0) is 14.9. The molecule has 1 saturated carbocycles. The first kappa shape index (κ1) is 15.8. The Morgan fingerprint density at radius 1 is 1.05 bits per heavy atom. The van der Waals surface area contributed by atoms with Crippen LogP contribution in [0.4, 0.5) is 0 Å². The summed E-state index contributed by atoms with van der Waals surface area (Å²) in [5.41, 5.74) is 0.461. The van der Waals surface area contributed by atoms with Crippen LogP contribution in [0.3, 0.4) is 0 Å². The Morgan fingerprint density at radius 3 is 2.67 bits per heavy atom. The summed E-state index contributed by atoms with van der Waals surface area (Å²) in [6.45, 7) is 11.6. The second-order valence-corrected chi connectivity index (χ2v) is 8.35. The summed E-state index contributed by atoms with van der Waals surface area (Å²) in [7, 11) is 2.17. The van der Waals surface area contributed by atoms with Crippen LogP contribution in [0.25, 0.3) is 0 Å². The molecule has 3 rings (SSSR count). The lowest BCUT2D eigenvalue weighted by molar-refractivity contribution is 0.0810. The first-order valence-electron chi connectivity index (χ1n) is 9.24. The molecule has 3 atom stereocenters. The highest BCUT2D eigenvalue weighted by Crippen LogP contribution is 2.39. The van der Waals surface area contributed by atoms with Gasteiger partial charge in [-0.15, -0.1) is 0 Å². The molecule has 2 saturated heterocycles. The number of hydrogen-bond donors (Lipinski definition) is 1. The summed E-state index contributed by atoms with van der Waals surface area (Å²) in [6, 6.07) is 1.55. The van der Waals surface area contributed by atoms with Gasteiger partial charge in [0, 0.05) is 25.2 Å². The third kappa shape index (κ3) is 3.46. The van der Waals surface area contributed by atoms with Crippen molar-refractivity contribution >= 4 is 0 Å². The van der Waals surface area contributed by atoms with E-state index >= 15 is 0 Å². The molecule has 0 aromatic carbocycles. The lowest BCUT2D eigenvalue weighted by Crippen LogP contribution is -2.52. The van der Waals surface area contributed by atoms with E-state index in [0.717, 1.165) is 12.0 Å². The molecular weight excluding hydrogens is 258 g/mol. The summed E-state index contributed by atoms with van der Waals surface area (Å²) in [5, 5.41) is 3.66. The van der Waals surface area contributed by atoms with Crippen LogP contribution in [-0.4, -0.2) is 61.7 Å². The predicted octanol–water partition coefficient (Wildman–Crippen LogP) is 2.57. The standard InChI is InChI=1S/C18H35N3/c1-18(2)9-4-7-15(17(18)19-3)13-20-10-6-12-21-11-5-8-16(21)14-20/h15-17,19H,4-14H2,1-3H3. The number of nitrogens with zero attached hydrogens (tertiary/aromatic N) is 2. The van der Waals surface area contributed by atoms with Crippen molar-refractivity contribution in [2.75, 3.05) is 39.8 Å². The number of fused-ring (bicyclic) bond motifs is 1. The lowest BCUT2D eigenvalue weighted by atomic mass is 9.68. The van der Waals surface area contributed by atoms with Gasteiger partial charge in [-0.3, -0.25) is 4.90 Å². The van der Waals surface area contributed by atoms with Gasteiger partial charge in [0.15, 0.2) is 0 Å². The lowest BCUT2D eigenvalue weighted by Gasteiger charge is -2.45. The quantitative estimate of drug-likeness (QED) is 0.863. The topological polar surface area (TPSA) is 18.5 Å². The normalized spacial score (nSPS) is 38.1. The largest absolute Gasteiger partial charge is 0.316 e. The smallest absolute Gasteiger partial charge is 0.0223 e. The van der Waals surface area contributed by atoms with Gasteiger partial charge in [0.05, 0.1) is 0 Å². The Hall–Kier alpha value is -0.120. The molecule has 3 nitrogen and oxygen atoms in total. The van der Waals surface area contributed by atoms with E-state index in [9.17, 15) is 0 Å². The second kappa shape index (κ2) is 6.55.